The number of carbonyl (C=O) groups excluding carboxylic acids is 1. The van der Waals surface area contributed by atoms with Crippen molar-refractivity contribution in [3.8, 4) is 11.5 Å². The summed E-state index contributed by atoms with van der Waals surface area (Å²) in [6.07, 6.45) is 3.43. The van der Waals surface area contributed by atoms with E-state index in [0.29, 0.717) is 18.0 Å². The molecule has 7 nitrogen and oxygen atoms in total. The molecule has 0 aromatic carbocycles. The average Bonchev–Trinajstić information content (AvgIpc) is 3.34. The average molecular weight is 369 g/mol. The number of aromatic nitrogens is 3. The van der Waals surface area contributed by atoms with E-state index >= 15 is 0 Å². The Labute approximate surface area is 155 Å². The second-order valence-corrected chi connectivity index (χ2v) is 7.17. The van der Waals surface area contributed by atoms with Crippen LogP contribution >= 0.6 is 11.5 Å². The molecule has 1 amide bonds. The Bertz CT molecular complexity index is 875. The SMILES string of the molecule is Cc1cc(NC(=O)C2CCCN(c3ccc(-c4ccco4)nn3)C2)sn1. The zero-order chi connectivity index (χ0) is 17.9. The number of piperidine rings is 1. The van der Waals surface area contributed by atoms with Crippen molar-refractivity contribution in [3.63, 3.8) is 0 Å². The van der Waals surface area contributed by atoms with E-state index in [1.54, 1.807) is 6.26 Å². The molecular formula is C18H19N5O2S. The summed E-state index contributed by atoms with van der Waals surface area (Å²) in [6, 6.07) is 9.39. The molecule has 1 aliphatic heterocycles. The maximum Gasteiger partial charge on any atom is 0.229 e. The zero-order valence-corrected chi connectivity index (χ0v) is 15.2. The first-order valence-electron chi connectivity index (χ1n) is 8.56. The van der Waals surface area contributed by atoms with Crippen molar-refractivity contribution in [1.82, 2.24) is 14.6 Å². The molecule has 1 aliphatic rings. The normalized spacial score (nSPS) is 17.3. The van der Waals surface area contributed by atoms with E-state index in [1.807, 2.05) is 37.3 Å². The van der Waals surface area contributed by atoms with Gasteiger partial charge in [0.25, 0.3) is 0 Å². The van der Waals surface area contributed by atoms with Gasteiger partial charge in [0, 0.05) is 13.1 Å². The van der Waals surface area contributed by atoms with Gasteiger partial charge in [-0.05, 0) is 61.6 Å². The Hall–Kier alpha value is -2.74. The number of furan rings is 1. The molecule has 3 aromatic heterocycles. The fourth-order valence-corrected chi connectivity index (χ4v) is 3.76. The van der Waals surface area contributed by atoms with Crippen LogP contribution in [0.25, 0.3) is 11.5 Å². The lowest BCUT2D eigenvalue weighted by atomic mass is 9.97. The smallest absolute Gasteiger partial charge is 0.229 e. The van der Waals surface area contributed by atoms with Gasteiger partial charge in [0.15, 0.2) is 11.6 Å². The Kier molecular flexibility index (Phi) is 4.66. The van der Waals surface area contributed by atoms with E-state index in [9.17, 15) is 4.79 Å². The predicted octanol–water partition coefficient (Wildman–Crippen LogP) is 3.36. The van der Waals surface area contributed by atoms with E-state index < -0.39 is 0 Å². The lowest BCUT2D eigenvalue weighted by molar-refractivity contribution is -0.120. The molecule has 26 heavy (non-hydrogen) atoms. The highest BCUT2D eigenvalue weighted by Gasteiger charge is 2.27. The highest BCUT2D eigenvalue weighted by Crippen LogP contribution is 2.25. The number of amides is 1. The summed E-state index contributed by atoms with van der Waals surface area (Å²) < 4.78 is 9.54. The minimum Gasteiger partial charge on any atom is -0.463 e. The summed E-state index contributed by atoms with van der Waals surface area (Å²) >= 11 is 1.31. The van der Waals surface area contributed by atoms with Crippen LogP contribution in [0.5, 0.6) is 0 Å². The molecule has 4 rings (SSSR count). The molecular weight excluding hydrogens is 350 g/mol. The van der Waals surface area contributed by atoms with E-state index in [1.165, 1.54) is 11.5 Å². The third kappa shape index (κ3) is 3.60. The monoisotopic (exact) mass is 369 g/mol. The molecule has 1 N–H and O–H groups in total. The van der Waals surface area contributed by atoms with Crippen LogP contribution in [0.15, 0.2) is 41.0 Å². The van der Waals surface area contributed by atoms with Crippen LogP contribution < -0.4 is 10.2 Å². The molecule has 0 radical (unpaired) electrons. The van der Waals surface area contributed by atoms with Crippen molar-refractivity contribution < 1.29 is 9.21 Å². The number of nitrogens with one attached hydrogen (secondary N) is 1. The zero-order valence-electron chi connectivity index (χ0n) is 14.4. The summed E-state index contributed by atoms with van der Waals surface area (Å²) in [6.45, 7) is 3.43. The molecule has 1 atom stereocenters. The highest BCUT2D eigenvalue weighted by atomic mass is 32.1. The lowest BCUT2D eigenvalue weighted by Gasteiger charge is -2.32. The Balaban J connectivity index is 1.42. The van der Waals surface area contributed by atoms with Crippen LogP contribution in [0.4, 0.5) is 10.8 Å². The topological polar surface area (TPSA) is 84.2 Å². The summed E-state index contributed by atoms with van der Waals surface area (Å²) in [4.78, 5) is 14.7. The van der Waals surface area contributed by atoms with Gasteiger partial charge in [-0.15, -0.1) is 10.2 Å². The van der Waals surface area contributed by atoms with Crippen molar-refractivity contribution >= 4 is 28.3 Å². The van der Waals surface area contributed by atoms with Gasteiger partial charge >= 0.3 is 0 Å². The Morgan fingerprint density at radius 1 is 1.35 bits per heavy atom. The van der Waals surface area contributed by atoms with Crippen molar-refractivity contribution in [2.75, 3.05) is 23.3 Å². The molecule has 3 aromatic rings. The fraction of sp³-hybridized carbons (Fsp3) is 0.333. The number of aryl methyl sites for hydroxylation is 1. The van der Waals surface area contributed by atoms with Crippen LogP contribution in [0.2, 0.25) is 0 Å². The maximum atomic E-state index is 12.6. The third-order valence-electron chi connectivity index (χ3n) is 4.41. The van der Waals surface area contributed by atoms with Gasteiger partial charge in [0.05, 0.1) is 17.9 Å². The highest BCUT2D eigenvalue weighted by molar-refractivity contribution is 7.10. The van der Waals surface area contributed by atoms with E-state index in [-0.39, 0.29) is 11.8 Å². The molecule has 0 aliphatic carbocycles. The van der Waals surface area contributed by atoms with Crippen molar-refractivity contribution in [1.29, 1.82) is 0 Å². The lowest BCUT2D eigenvalue weighted by Crippen LogP contribution is -2.41. The third-order valence-corrected chi connectivity index (χ3v) is 5.21. The van der Waals surface area contributed by atoms with Gasteiger partial charge < -0.3 is 14.6 Å². The first-order valence-corrected chi connectivity index (χ1v) is 9.33. The van der Waals surface area contributed by atoms with Crippen molar-refractivity contribution in [3.05, 3.63) is 42.3 Å². The molecule has 134 valence electrons. The summed E-state index contributed by atoms with van der Waals surface area (Å²) in [5.74, 6) is 1.45. The molecule has 8 heteroatoms. The predicted molar refractivity (Wildman–Crippen MR) is 100 cm³/mol. The first-order chi connectivity index (χ1) is 12.7. The number of anilines is 2. The van der Waals surface area contributed by atoms with Crippen LogP contribution in [0, 0.1) is 12.8 Å². The minimum absolute atomic E-state index is 0.0403. The van der Waals surface area contributed by atoms with Gasteiger partial charge in [0.1, 0.15) is 10.7 Å². The largest absolute Gasteiger partial charge is 0.463 e. The van der Waals surface area contributed by atoms with Crippen molar-refractivity contribution in [2.45, 2.75) is 19.8 Å². The Morgan fingerprint density at radius 3 is 2.96 bits per heavy atom. The summed E-state index contributed by atoms with van der Waals surface area (Å²) in [5.41, 5.74) is 1.62. The fourth-order valence-electron chi connectivity index (χ4n) is 3.09. The number of hydrogen-bond acceptors (Lipinski definition) is 7. The first kappa shape index (κ1) is 16.7. The Morgan fingerprint density at radius 2 is 2.27 bits per heavy atom. The van der Waals surface area contributed by atoms with Gasteiger partial charge in [-0.2, -0.15) is 4.37 Å². The van der Waals surface area contributed by atoms with Gasteiger partial charge in [0.2, 0.25) is 5.91 Å². The van der Waals surface area contributed by atoms with Crippen LogP contribution in [-0.4, -0.2) is 33.6 Å². The molecule has 1 saturated heterocycles. The minimum atomic E-state index is -0.0716. The summed E-state index contributed by atoms with van der Waals surface area (Å²) in [5, 5.41) is 12.3. The number of rotatable bonds is 4. The van der Waals surface area contributed by atoms with Gasteiger partial charge in [-0.1, -0.05) is 0 Å². The van der Waals surface area contributed by atoms with Crippen LogP contribution in [0.1, 0.15) is 18.5 Å². The quantitative estimate of drug-likeness (QED) is 0.759. The number of hydrogen-bond donors (Lipinski definition) is 1. The van der Waals surface area contributed by atoms with Crippen molar-refractivity contribution in [2.24, 2.45) is 5.92 Å². The molecule has 0 saturated carbocycles. The second kappa shape index (κ2) is 7.25. The van der Waals surface area contributed by atoms with Crippen LogP contribution in [-0.2, 0) is 4.79 Å². The van der Waals surface area contributed by atoms with Gasteiger partial charge in [-0.25, -0.2) is 0 Å². The molecule has 0 spiro atoms. The second-order valence-electron chi connectivity index (χ2n) is 6.36. The number of carbonyl (C=O) groups is 1. The standard InChI is InChI=1S/C18H19N5O2S/c1-12-10-17(26-22-12)19-18(24)13-4-2-8-23(11-13)16-7-6-14(20-21-16)15-5-3-9-25-15/h3,5-7,9-10,13H,2,4,8,11H2,1H3,(H,19,24). The molecule has 1 fully saturated rings. The van der Waals surface area contributed by atoms with E-state index in [0.717, 1.165) is 35.9 Å². The molecule has 4 heterocycles. The molecule has 0 bridgehead atoms. The van der Waals surface area contributed by atoms with Crippen LogP contribution in [0.3, 0.4) is 0 Å². The summed E-state index contributed by atoms with van der Waals surface area (Å²) in [7, 11) is 0. The van der Waals surface area contributed by atoms with E-state index in [4.69, 9.17) is 4.42 Å². The maximum absolute atomic E-state index is 12.6. The van der Waals surface area contributed by atoms with E-state index in [2.05, 4.69) is 24.8 Å². The van der Waals surface area contributed by atoms with Gasteiger partial charge in [-0.3, -0.25) is 4.79 Å². The molecule has 1 unspecified atom stereocenters. The number of nitrogens with zero attached hydrogens (tertiary/aromatic N) is 4.